The molecule has 14 heteroatoms. The normalized spacial score (nSPS) is 16.2. The zero-order valence-electron chi connectivity index (χ0n) is 30.2. The van der Waals surface area contributed by atoms with Crippen LogP contribution in [0.2, 0.25) is 23.2 Å². The van der Waals surface area contributed by atoms with E-state index in [1.807, 2.05) is 13.0 Å². The first-order valence-corrected chi connectivity index (χ1v) is 19.3. The Morgan fingerprint density at radius 3 is 2.43 bits per heavy atom. The molecule has 0 saturated heterocycles. The van der Waals surface area contributed by atoms with Gasteiger partial charge in [0.25, 0.3) is 5.56 Å². The van der Waals surface area contributed by atoms with Crippen LogP contribution in [0, 0.1) is 11.3 Å². The fourth-order valence-corrected chi connectivity index (χ4v) is 6.42. The number of nitrogens with zero attached hydrogens (tertiary/aromatic N) is 6. The van der Waals surface area contributed by atoms with Crippen LogP contribution in [-0.2, 0) is 25.9 Å². The quantitative estimate of drug-likeness (QED) is 0.253. The van der Waals surface area contributed by atoms with Gasteiger partial charge < -0.3 is 23.9 Å². The summed E-state index contributed by atoms with van der Waals surface area (Å²) in [6.07, 6.45) is 2.39. The van der Waals surface area contributed by atoms with Crippen molar-refractivity contribution in [1.29, 1.82) is 5.26 Å². The Bertz CT molecular complexity index is 1870. The molecule has 3 heterocycles. The van der Waals surface area contributed by atoms with Gasteiger partial charge in [-0.1, -0.05) is 39.3 Å². The van der Waals surface area contributed by atoms with Crippen molar-refractivity contribution in [3.05, 3.63) is 63.2 Å². The Morgan fingerprint density at radius 1 is 1.16 bits per heavy atom. The molecule has 1 N–H and O–H groups in total. The summed E-state index contributed by atoms with van der Waals surface area (Å²) in [5, 5.41) is 13.6. The molecular weight excluding hydrogens is 662 g/mol. The second-order valence-corrected chi connectivity index (χ2v) is 20.6. The first kappa shape index (κ1) is 37.6. The number of carbonyl (C=O) groups excluding carboxylic acids is 2. The molecule has 262 valence electrons. The summed E-state index contributed by atoms with van der Waals surface area (Å²) in [7, 11) is 1.02. The first-order chi connectivity index (χ1) is 22.5. The van der Waals surface area contributed by atoms with Gasteiger partial charge in [-0.15, -0.1) is 0 Å². The number of benzene rings is 1. The van der Waals surface area contributed by atoms with E-state index in [2.05, 4.69) is 55.2 Å². The lowest BCUT2D eigenvalue weighted by Gasteiger charge is -2.39. The topological polar surface area (TPSA) is 143 Å². The standard InChI is InChI=1S/C35H46ClN7O5Si/c1-33(2,3)48-32(46)43-20-35(7,21-47-49(10,11)34(4,5)6)25-15-22(14-23(17-37)29(25)43)26-12-13-38-31(39-26)40-27-16-24(36)18-42(30(27)45)19-28(44)41(8)9/h12-16,18H,19-21H2,1-11H3,(H,38,39,40)/t35-/m1/s1. The monoisotopic (exact) mass is 707 g/mol. The van der Waals surface area contributed by atoms with Crippen LogP contribution >= 0.6 is 11.6 Å². The number of aromatic nitrogens is 3. The van der Waals surface area contributed by atoms with Crippen LogP contribution in [0.25, 0.3) is 11.3 Å². The number of hydrogen-bond donors (Lipinski definition) is 1. The molecular formula is C35H46ClN7O5Si. The Kier molecular flexibility index (Phi) is 10.4. The predicted molar refractivity (Wildman–Crippen MR) is 194 cm³/mol. The van der Waals surface area contributed by atoms with E-state index in [0.29, 0.717) is 23.6 Å². The summed E-state index contributed by atoms with van der Waals surface area (Å²) >= 11 is 6.30. The molecule has 2 amide bonds. The number of anilines is 3. The molecule has 0 saturated carbocycles. The van der Waals surface area contributed by atoms with E-state index in [-0.39, 0.29) is 46.3 Å². The fourth-order valence-electron chi connectivity index (χ4n) is 5.08. The second kappa shape index (κ2) is 13.6. The number of halogens is 1. The van der Waals surface area contributed by atoms with Crippen molar-refractivity contribution >= 4 is 49.2 Å². The summed E-state index contributed by atoms with van der Waals surface area (Å²) < 4.78 is 13.7. The van der Waals surface area contributed by atoms with Gasteiger partial charge in [-0.2, -0.15) is 5.26 Å². The number of pyridine rings is 1. The maximum Gasteiger partial charge on any atom is 0.414 e. The number of amides is 2. The molecule has 12 nitrogen and oxygen atoms in total. The highest BCUT2D eigenvalue weighted by molar-refractivity contribution is 6.74. The minimum atomic E-state index is -2.19. The van der Waals surface area contributed by atoms with E-state index in [1.165, 1.54) is 32.8 Å². The molecule has 3 aromatic rings. The van der Waals surface area contributed by atoms with Crippen LogP contribution in [0.15, 0.2) is 41.5 Å². The highest BCUT2D eigenvalue weighted by Crippen LogP contribution is 2.47. The summed E-state index contributed by atoms with van der Waals surface area (Å²) in [6, 6.07) is 9.04. The van der Waals surface area contributed by atoms with Gasteiger partial charge >= 0.3 is 6.09 Å². The average Bonchev–Trinajstić information content (AvgIpc) is 3.29. The van der Waals surface area contributed by atoms with Crippen LogP contribution < -0.4 is 15.8 Å². The number of nitrogens with one attached hydrogen (secondary N) is 1. The van der Waals surface area contributed by atoms with Crippen molar-refractivity contribution in [1.82, 2.24) is 19.4 Å². The van der Waals surface area contributed by atoms with Gasteiger partial charge in [0.15, 0.2) is 8.32 Å². The van der Waals surface area contributed by atoms with E-state index in [9.17, 15) is 19.6 Å². The largest absolute Gasteiger partial charge is 0.443 e. The van der Waals surface area contributed by atoms with Crippen LogP contribution in [0.5, 0.6) is 0 Å². The molecule has 0 radical (unpaired) electrons. The van der Waals surface area contributed by atoms with Gasteiger partial charge in [-0.25, -0.2) is 14.8 Å². The lowest BCUT2D eigenvalue weighted by atomic mass is 9.83. The van der Waals surface area contributed by atoms with Gasteiger partial charge in [-0.05, 0) is 68.7 Å². The van der Waals surface area contributed by atoms with Gasteiger partial charge in [-0.3, -0.25) is 14.5 Å². The predicted octanol–water partition coefficient (Wildman–Crippen LogP) is 6.70. The summed E-state index contributed by atoms with van der Waals surface area (Å²) in [6.45, 7) is 18.7. The summed E-state index contributed by atoms with van der Waals surface area (Å²) in [5.41, 5.74) is 0.834. The highest BCUT2D eigenvalue weighted by atomic mass is 35.5. The molecule has 49 heavy (non-hydrogen) atoms. The molecule has 0 unspecified atom stereocenters. The maximum atomic E-state index is 13.6. The molecule has 1 atom stereocenters. The van der Waals surface area contributed by atoms with Crippen molar-refractivity contribution in [3.63, 3.8) is 0 Å². The second-order valence-electron chi connectivity index (χ2n) is 15.4. The van der Waals surface area contributed by atoms with Crippen molar-refractivity contribution < 1.29 is 18.8 Å². The molecule has 0 spiro atoms. The van der Waals surface area contributed by atoms with E-state index in [1.54, 1.807) is 47.0 Å². The Balaban J connectivity index is 1.78. The van der Waals surface area contributed by atoms with Crippen LogP contribution in [0.4, 0.5) is 22.1 Å². The fraction of sp³-hybridized carbons (Fsp3) is 0.486. The van der Waals surface area contributed by atoms with Crippen LogP contribution in [0.3, 0.4) is 0 Å². The van der Waals surface area contributed by atoms with Crippen molar-refractivity contribution in [3.8, 4) is 17.3 Å². The molecule has 1 aromatic carbocycles. The third-order valence-electron chi connectivity index (χ3n) is 8.88. The Morgan fingerprint density at radius 2 is 1.84 bits per heavy atom. The molecule has 0 bridgehead atoms. The molecule has 4 rings (SSSR count). The Hall–Kier alpha value is -4.25. The summed E-state index contributed by atoms with van der Waals surface area (Å²) in [5.74, 6) is -0.161. The number of rotatable bonds is 8. The van der Waals surface area contributed by atoms with Crippen molar-refractivity contribution in [2.75, 3.05) is 37.5 Å². The summed E-state index contributed by atoms with van der Waals surface area (Å²) in [4.78, 5) is 51.0. The van der Waals surface area contributed by atoms with Crippen LogP contribution in [0.1, 0.15) is 59.6 Å². The van der Waals surface area contributed by atoms with Gasteiger partial charge in [0.05, 0.1) is 22.0 Å². The number of ether oxygens (including phenoxy) is 1. The molecule has 0 fully saturated rings. The average molecular weight is 708 g/mol. The van der Waals surface area contributed by atoms with Gasteiger partial charge in [0.1, 0.15) is 23.9 Å². The lowest BCUT2D eigenvalue weighted by molar-refractivity contribution is -0.129. The third-order valence-corrected chi connectivity index (χ3v) is 13.6. The molecule has 1 aliphatic rings. The van der Waals surface area contributed by atoms with Gasteiger partial charge in [0.2, 0.25) is 11.9 Å². The van der Waals surface area contributed by atoms with E-state index >= 15 is 0 Å². The third kappa shape index (κ3) is 8.32. The number of likely N-dealkylation sites (N-methyl/N-ethyl adjacent to an activating group) is 1. The zero-order chi connectivity index (χ0) is 36.7. The first-order valence-electron chi connectivity index (χ1n) is 16.0. The zero-order valence-corrected chi connectivity index (χ0v) is 31.9. The lowest BCUT2D eigenvalue weighted by Crippen LogP contribution is -2.46. The minimum Gasteiger partial charge on any atom is -0.443 e. The number of carbonyl (C=O) groups is 2. The highest BCUT2D eigenvalue weighted by Gasteiger charge is 2.47. The van der Waals surface area contributed by atoms with Crippen molar-refractivity contribution in [2.24, 2.45) is 0 Å². The molecule has 1 aliphatic heterocycles. The van der Waals surface area contributed by atoms with E-state index in [0.717, 1.165) is 5.56 Å². The smallest absolute Gasteiger partial charge is 0.414 e. The molecule has 0 aliphatic carbocycles. The Labute approximate surface area is 294 Å². The van der Waals surface area contributed by atoms with E-state index < -0.39 is 31.0 Å². The maximum absolute atomic E-state index is 13.6. The number of fused-ring (bicyclic) bond motifs is 1. The number of hydrogen-bond acceptors (Lipinski definition) is 9. The van der Waals surface area contributed by atoms with Crippen LogP contribution in [-0.4, -0.2) is 72.6 Å². The SMILES string of the molecule is CN(C)C(=O)Cn1cc(Cl)cc(Nc2nccc(-c3cc(C#N)c4c(c3)[C@@](C)(CO[Si](C)(C)C(C)(C)C)CN4C(=O)OC(C)(C)C)n2)c1=O. The van der Waals surface area contributed by atoms with Crippen molar-refractivity contribution in [2.45, 2.75) is 84.2 Å². The minimum absolute atomic E-state index is 0.0340. The molecule has 2 aromatic heterocycles. The van der Waals surface area contributed by atoms with E-state index in [4.69, 9.17) is 20.8 Å². The number of nitriles is 1. The van der Waals surface area contributed by atoms with Gasteiger partial charge in [0, 0.05) is 50.6 Å².